The standard InChI is InChI=1S/C28H19Br2Cl2N3O4/c1-14-7-8-17-19(29)11-20(30)26(25(17)33-14)39-13-18-21(31)9-10-22(24(18)32)34(2)23(36)12-35-27(37)15-5-3-4-6-16(15)28(35)38/h3-11H,12-13H2,1-2H3. The molecule has 0 saturated heterocycles. The summed E-state index contributed by atoms with van der Waals surface area (Å²) in [5, 5.41) is 1.44. The smallest absolute Gasteiger partial charge is 0.262 e. The minimum Gasteiger partial charge on any atom is -0.485 e. The molecular weight excluding hydrogens is 673 g/mol. The molecule has 3 aromatic carbocycles. The van der Waals surface area contributed by atoms with Crippen molar-refractivity contribution >= 4 is 89.4 Å². The first-order valence-electron chi connectivity index (χ1n) is 11.6. The second-order valence-corrected chi connectivity index (χ2v) is 11.4. The normalized spacial score (nSPS) is 12.7. The largest absolute Gasteiger partial charge is 0.485 e. The molecule has 1 aromatic heterocycles. The van der Waals surface area contributed by atoms with Crippen molar-refractivity contribution in [3.05, 3.63) is 96.0 Å². The molecule has 0 aliphatic carbocycles. The van der Waals surface area contributed by atoms with E-state index in [1.54, 1.807) is 36.4 Å². The van der Waals surface area contributed by atoms with Gasteiger partial charge in [0.05, 0.1) is 26.3 Å². The molecular formula is C28H19Br2Cl2N3O4. The molecule has 198 valence electrons. The van der Waals surface area contributed by atoms with Crippen molar-refractivity contribution in [3.8, 4) is 5.75 Å². The number of carbonyl (C=O) groups is 3. The van der Waals surface area contributed by atoms with Crippen LogP contribution in [0, 0.1) is 6.92 Å². The van der Waals surface area contributed by atoms with E-state index in [1.807, 2.05) is 25.1 Å². The Morgan fingerprint density at radius 1 is 1.00 bits per heavy atom. The third-order valence-electron chi connectivity index (χ3n) is 6.41. The molecule has 2 heterocycles. The maximum atomic E-state index is 13.2. The Hall–Kier alpha value is -2.98. The fraction of sp³-hybridized carbons (Fsp3) is 0.143. The van der Waals surface area contributed by atoms with Crippen LogP contribution in [0.4, 0.5) is 5.69 Å². The van der Waals surface area contributed by atoms with E-state index in [2.05, 4.69) is 36.8 Å². The van der Waals surface area contributed by atoms with Crippen LogP contribution in [0.2, 0.25) is 10.0 Å². The number of fused-ring (bicyclic) bond motifs is 2. The lowest BCUT2D eigenvalue weighted by molar-refractivity contribution is -0.118. The van der Waals surface area contributed by atoms with E-state index in [4.69, 9.17) is 27.9 Å². The van der Waals surface area contributed by atoms with Gasteiger partial charge in [-0.05, 0) is 65.3 Å². The zero-order valence-electron chi connectivity index (χ0n) is 20.6. The van der Waals surface area contributed by atoms with E-state index in [1.165, 1.54) is 11.9 Å². The molecule has 3 amide bonds. The minimum absolute atomic E-state index is 0.00308. The molecule has 7 nitrogen and oxygen atoms in total. The van der Waals surface area contributed by atoms with Gasteiger partial charge >= 0.3 is 0 Å². The third-order valence-corrected chi connectivity index (χ3v) is 8.43. The maximum absolute atomic E-state index is 13.2. The third kappa shape index (κ3) is 5.04. The van der Waals surface area contributed by atoms with Gasteiger partial charge in [-0.1, -0.05) is 51.3 Å². The molecule has 0 bridgehead atoms. The van der Waals surface area contributed by atoms with Crippen molar-refractivity contribution in [2.75, 3.05) is 18.5 Å². The van der Waals surface area contributed by atoms with Gasteiger partial charge in [0, 0.05) is 33.2 Å². The second-order valence-electron chi connectivity index (χ2n) is 8.86. The monoisotopic (exact) mass is 689 g/mol. The summed E-state index contributed by atoms with van der Waals surface area (Å²) in [7, 11) is 1.52. The number of aryl methyl sites for hydroxylation is 1. The number of rotatable bonds is 6. The van der Waals surface area contributed by atoms with Crippen LogP contribution in [-0.4, -0.2) is 41.2 Å². The molecule has 0 unspecified atom stereocenters. The van der Waals surface area contributed by atoms with Crippen molar-refractivity contribution in [1.29, 1.82) is 0 Å². The quantitative estimate of drug-likeness (QED) is 0.200. The van der Waals surface area contributed by atoms with E-state index < -0.39 is 24.3 Å². The molecule has 0 fully saturated rings. The van der Waals surface area contributed by atoms with Crippen LogP contribution in [0.15, 0.2) is 63.5 Å². The van der Waals surface area contributed by atoms with Gasteiger partial charge in [0.1, 0.15) is 18.7 Å². The Morgan fingerprint density at radius 3 is 2.33 bits per heavy atom. The Bertz CT molecular complexity index is 1660. The van der Waals surface area contributed by atoms with Crippen molar-refractivity contribution in [2.24, 2.45) is 0 Å². The van der Waals surface area contributed by atoms with E-state index in [9.17, 15) is 14.4 Å². The van der Waals surface area contributed by atoms with Gasteiger partial charge in [0.25, 0.3) is 11.8 Å². The summed E-state index contributed by atoms with van der Waals surface area (Å²) < 4.78 is 7.73. The van der Waals surface area contributed by atoms with Crippen LogP contribution in [-0.2, 0) is 11.4 Å². The maximum Gasteiger partial charge on any atom is 0.262 e. The number of halogens is 4. The predicted molar refractivity (Wildman–Crippen MR) is 158 cm³/mol. The van der Waals surface area contributed by atoms with Crippen LogP contribution in [0.1, 0.15) is 32.0 Å². The summed E-state index contributed by atoms with van der Waals surface area (Å²) in [5.41, 5.74) is 2.86. The van der Waals surface area contributed by atoms with Crippen molar-refractivity contribution in [1.82, 2.24) is 9.88 Å². The lowest BCUT2D eigenvalue weighted by Crippen LogP contribution is -2.41. The Labute approximate surface area is 250 Å². The van der Waals surface area contributed by atoms with Crippen LogP contribution >= 0.6 is 55.1 Å². The first-order chi connectivity index (χ1) is 18.6. The summed E-state index contributed by atoms with van der Waals surface area (Å²) in [4.78, 5) is 45.4. The average molecular weight is 692 g/mol. The summed E-state index contributed by atoms with van der Waals surface area (Å²) in [6.45, 7) is 1.46. The second kappa shape index (κ2) is 10.9. The number of carbonyl (C=O) groups excluding carboxylic acids is 3. The number of aromatic nitrogens is 1. The molecule has 11 heteroatoms. The Balaban J connectivity index is 1.39. The number of anilines is 1. The number of likely N-dealkylation sites (N-methyl/N-ethyl adjacent to an activating group) is 1. The lowest BCUT2D eigenvalue weighted by atomic mass is 10.1. The molecule has 39 heavy (non-hydrogen) atoms. The van der Waals surface area contributed by atoms with Crippen LogP contribution in [0.5, 0.6) is 5.75 Å². The Kier molecular flexibility index (Phi) is 7.70. The van der Waals surface area contributed by atoms with Crippen molar-refractivity contribution < 1.29 is 19.1 Å². The zero-order valence-corrected chi connectivity index (χ0v) is 25.3. The summed E-state index contributed by atoms with van der Waals surface area (Å²) in [6.07, 6.45) is 0. The van der Waals surface area contributed by atoms with Crippen molar-refractivity contribution in [2.45, 2.75) is 13.5 Å². The van der Waals surface area contributed by atoms with E-state index in [-0.39, 0.29) is 22.8 Å². The Morgan fingerprint density at radius 2 is 1.67 bits per heavy atom. The van der Waals surface area contributed by atoms with E-state index in [0.29, 0.717) is 32.0 Å². The summed E-state index contributed by atoms with van der Waals surface area (Å²) in [6, 6.07) is 15.4. The molecule has 1 aliphatic rings. The molecule has 0 spiro atoms. The van der Waals surface area contributed by atoms with Gasteiger partial charge in [-0.15, -0.1) is 0 Å². The fourth-order valence-corrected chi connectivity index (χ4v) is 6.30. The molecule has 0 atom stereocenters. The zero-order chi connectivity index (χ0) is 28.0. The first-order valence-corrected chi connectivity index (χ1v) is 14.0. The fourth-order valence-electron chi connectivity index (χ4n) is 4.31. The average Bonchev–Trinajstić information content (AvgIpc) is 3.14. The molecule has 1 aliphatic heterocycles. The number of hydrogen-bond acceptors (Lipinski definition) is 5. The number of imide groups is 1. The molecule has 4 aromatic rings. The van der Waals surface area contributed by atoms with Crippen molar-refractivity contribution in [3.63, 3.8) is 0 Å². The molecule has 5 rings (SSSR count). The molecule has 0 N–H and O–H groups in total. The SMILES string of the molecule is Cc1ccc2c(Br)cc(Br)c(OCc3c(Cl)ccc(N(C)C(=O)CN4C(=O)c5ccccc5C4=O)c3Cl)c2n1. The van der Waals surface area contributed by atoms with Crippen LogP contribution in [0.3, 0.4) is 0 Å². The number of benzene rings is 3. The highest BCUT2D eigenvalue weighted by Gasteiger charge is 2.37. The highest BCUT2D eigenvalue weighted by Crippen LogP contribution is 2.40. The number of ether oxygens (including phenoxy) is 1. The lowest BCUT2D eigenvalue weighted by Gasteiger charge is -2.23. The van der Waals surface area contributed by atoms with Gasteiger partial charge < -0.3 is 9.64 Å². The predicted octanol–water partition coefficient (Wildman–Crippen LogP) is 7.21. The molecule has 0 saturated carbocycles. The van der Waals surface area contributed by atoms with Crippen LogP contribution < -0.4 is 9.64 Å². The van der Waals surface area contributed by atoms with E-state index in [0.717, 1.165) is 20.5 Å². The highest BCUT2D eigenvalue weighted by molar-refractivity contribution is 9.11. The van der Waals surface area contributed by atoms with E-state index >= 15 is 0 Å². The number of nitrogens with zero attached hydrogens (tertiary/aromatic N) is 3. The topological polar surface area (TPSA) is 79.8 Å². The highest BCUT2D eigenvalue weighted by atomic mass is 79.9. The summed E-state index contributed by atoms with van der Waals surface area (Å²) in [5.74, 6) is -0.999. The first kappa shape index (κ1) is 27.6. The van der Waals surface area contributed by atoms with Crippen LogP contribution in [0.25, 0.3) is 10.9 Å². The number of pyridine rings is 1. The van der Waals surface area contributed by atoms with Gasteiger partial charge in [-0.25, -0.2) is 4.98 Å². The van der Waals surface area contributed by atoms with Gasteiger partial charge in [-0.3, -0.25) is 19.3 Å². The molecule has 0 radical (unpaired) electrons. The van der Waals surface area contributed by atoms with Gasteiger partial charge in [0.2, 0.25) is 5.91 Å². The number of hydrogen-bond donors (Lipinski definition) is 0. The van der Waals surface area contributed by atoms with Gasteiger partial charge in [0.15, 0.2) is 5.75 Å². The number of amides is 3. The summed E-state index contributed by atoms with van der Waals surface area (Å²) >= 11 is 20.3. The van der Waals surface area contributed by atoms with Gasteiger partial charge in [-0.2, -0.15) is 0 Å². The minimum atomic E-state index is -0.509.